The highest BCUT2D eigenvalue weighted by atomic mass is 16.5. The van der Waals surface area contributed by atoms with Gasteiger partial charge in [0.15, 0.2) is 0 Å². The van der Waals surface area contributed by atoms with Crippen molar-refractivity contribution in [2.75, 3.05) is 6.61 Å². The molecule has 3 N–H and O–H groups in total. The fourth-order valence-electron chi connectivity index (χ4n) is 8.90. The second-order valence-electron chi connectivity index (χ2n) is 20.0. The monoisotopic (exact) mass is 940 g/mol. The maximum absolute atomic E-state index is 13.3. The Labute approximate surface area is 416 Å². The largest absolute Gasteiger partial charge is 0.462 e. The van der Waals surface area contributed by atoms with Crippen molar-refractivity contribution in [3.05, 3.63) is 48.6 Å². The van der Waals surface area contributed by atoms with Crippen molar-refractivity contribution in [3.8, 4) is 0 Å². The number of rotatable bonds is 53. The smallest absolute Gasteiger partial charge is 0.306 e. The van der Waals surface area contributed by atoms with Crippen molar-refractivity contribution < 1.29 is 24.5 Å². The average Bonchev–Trinajstić information content (AvgIpc) is 3.32. The first-order valence-corrected chi connectivity index (χ1v) is 29.4. The molecule has 0 aromatic rings. The Morgan fingerprint density at radius 1 is 0.433 bits per heavy atom. The molecule has 0 spiro atoms. The number of hydrogen-bond donors (Lipinski definition) is 3. The SMILES string of the molecule is CCCCC/C=C\C/C=C\CCCCCCCCCC(=O)OC(CCCCCCC/C=C\C/C=C\CCCCC)CC(=O)NC(CO)C(O)CCCCCCCCCCCCCCCCCC. The van der Waals surface area contributed by atoms with Crippen LogP contribution in [0.1, 0.15) is 303 Å². The third-order valence-corrected chi connectivity index (χ3v) is 13.4. The summed E-state index contributed by atoms with van der Waals surface area (Å²) in [6, 6.07) is -0.708. The van der Waals surface area contributed by atoms with Gasteiger partial charge in [0, 0.05) is 6.42 Å². The molecule has 0 aromatic carbocycles. The number of esters is 1. The lowest BCUT2D eigenvalue weighted by Gasteiger charge is -2.24. The number of unbranched alkanes of at least 4 members (excludes halogenated alkanes) is 33. The molecule has 6 heteroatoms. The number of aliphatic hydroxyl groups is 2. The number of amides is 1. The summed E-state index contributed by atoms with van der Waals surface area (Å²) in [5.74, 6) is -0.485. The number of allylic oxidation sites excluding steroid dienone is 8. The van der Waals surface area contributed by atoms with Gasteiger partial charge in [-0.2, -0.15) is 0 Å². The molecule has 0 aliphatic rings. The molecular weight excluding hydrogens is 827 g/mol. The first-order chi connectivity index (χ1) is 33.0. The second kappa shape index (κ2) is 54.8. The zero-order valence-electron chi connectivity index (χ0n) is 44.8. The van der Waals surface area contributed by atoms with Crippen LogP contribution in [-0.4, -0.2) is 46.9 Å². The summed E-state index contributed by atoms with van der Waals surface area (Å²) in [5.41, 5.74) is 0. The van der Waals surface area contributed by atoms with E-state index in [-0.39, 0.29) is 24.9 Å². The maximum Gasteiger partial charge on any atom is 0.306 e. The fourth-order valence-corrected chi connectivity index (χ4v) is 8.90. The van der Waals surface area contributed by atoms with Gasteiger partial charge in [0.25, 0.3) is 0 Å². The molecule has 3 unspecified atom stereocenters. The first kappa shape index (κ1) is 64.8. The minimum Gasteiger partial charge on any atom is -0.462 e. The molecule has 67 heavy (non-hydrogen) atoms. The van der Waals surface area contributed by atoms with Crippen LogP contribution in [0.25, 0.3) is 0 Å². The number of carbonyl (C=O) groups excluding carboxylic acids is 2. The Kier molecular flexibility index (Phi) is 53.0. The molecule has 0 aromatic heterocycles. The quantitative estimate of drug-likeness (QED) is 0.0321. The van der Waals surface area contributed by atoms with E-state index in [1.807, 2.05) is 0 Å². The summed E-state index contributed by atoms with van der Waals surface area (Å²) in [6.07, 6.45) is 67.4. The third-order valence-electron chi connectivity index (χ3n) is 13.4. The summed E-state index contributed by atoms with van der Waals surface area (Å²) < 4.78 is 5.96. The normalized spacial score (nSPS) is 13.4. The number of ether oxygens (including phenoxy) is 1. The zero-order valence-corrected chi connectivity index (χ0v) is 44.8. The van der Waals surface area contributed by atoms with Gasteiger partial charge < -0.3 is 20.3 Å². The molecule has 1 amide bonds. The molecule has 0 fully saturated rings. The van der Waals surface area contributed by atoms with Gasteiger partial charge in [-0.1, -0.05) is 249 Å². The zero-order chi connectivity index (χ0) is 48.8. The van der Waals surface area contributed by atoms with Crippen LogP contribution in [0.4, 0.5) is 0 Å². The minimum atomic E-state index is -0.794. The summed E-state index contributed by atoms with van der Waals surface area (Å²) in [6.45, 7) is 6.46. The predicted molar refractivity (Wildman–Crippen MR) is 292 cm³/mol. The highest BCUT2D eigenvalue weighted by molar-refractivity contribution is 5.77. The second-order valence-corrected chi connectivity index (χ2v) is 20.0. The Balaban J connectivity index is 4.56. The Morgan fingerprint density at radius 2 is 0.761 bits per heavy atom. The van der Waals surface area contributed by atoms with Gasteiger partial charge in [-0.3, -0.25) is 9.59 Å². The van der Waals surface area contributed by atoms with Gasteiger partial charge in [0.05, 0.1) is 25.2 Å². The van der Waals surface area contributed by atoms with Crippen LogP contribution < -0.4 is 5.32 Å². The Bertz CT molecular complexity index is 1150. The molecule has 0 rings (SSSR count). The van der Waals surface area contributed by atoms with Crippen LogP contribution in [0.5, 0.6) is 0 Å². The van der Waals surface area contributed by atoms with Gasteiger partial charge in [0.1, 0.15) is 6.10 Å². The van der Waals surface area contributed by atoms with E-state index >= 15 is 0 Å². The molecule has 0 radical (unpaired) electrons. The molecule has 0 heterocycles. The maximum atomic E-state index is 13.3. The summed E-state index contributed by atoms with van der Waals surface area (Å²) in [7, 11) is 0. The number of carbonyl (C=O) groups is 2. The summed E-state index contributed by atoms with van der Waals surface area (Å²) in [4.78, 5) is 26.3. The van der Waals surface area contributed by atoms with Crippen LogP contribution in [0.2, 0.25) is 0 Å². The predicted octanol–water partition coefficient (Wildman–Crippen LogP) is 18.2. The van der Waals surface area contributed by atoms with E-state index in [2.05, 4.69) is 74.7 Å². The van der Waals surface area contributed by atoms with Crippen molar-refractivity contribution in [1.29, 1.82) is 0 Å². The topological polar surface area (TPSA) is 95.9 Å². The molecular formula is C61H113NO5. The lowest BCUT2D eigenvalue weighted by Crippen LogP contribution is -2.46. The van der Waals surface area contributed by atoms with E-state index in [1.165, 1.54) is 173 Å². The van der Waals surface area contributed by atoms with E-state index in [4.69, 9.17) is 4.74 Å². The first-order valence-electron chi connectivity index (χ1n) is 29.4. The number of hydrogen-bond acceptors (Lipinski definition) is 5. The van der Waals surface area contributed by atoms with Crippen molar-refractivity contribution >= 4 is 11.9 Å². The van der Waals surface area contributed by atoms with E-state index in [0.717, 1.165) is 83.5 Å². The van der Waals surface area contributed by atoms with Gasteiger partial charge in [0.2, 0.25) is 5.91 Å². The van der Waals surface area contributed by atoms with Crippen molar-refractivity contribution in [2.45, 2.75) is 322 Å². The molecule has 6 nitrogen and oxygen atoms in total. The summed E-state index contributed by atoms with van der Waals surface area (Å²) >= 11 is 0. The molecule has 0 saturated heterocycles. The number of nitrogens with one attached hydrogen (secondary N) is 1. The third kappa shape index (κ3) is 50.0. The van der Waals surface area contributed by atoms with E-state index in [0.29, 0.717) is 19.3 Å². The fraction of sp³-hybridized carbons (Fsp3) is 0.836. The molecule has 0 bridgehead atoms. The van der Waals surface area contributed by atoms with Crippen LogP contribution in [0.15, 0.2) is 48.6 Å². The van der Waals surface area contributed by atoms with E-state index in [1.54, 1.807) is 0 Å². The van der Waals surface area contributed by atoms with Crippen LogP contribution >= 0.6 is 0 Å². The molecule has 0 aliphatic heterocycles. The van der Waals surface area contributed by atoms with Crippen LogP contribution in [0.3, 0.4) is 0 Å². The van der Waals surface area contributed by atoms with Gasteiger partial charge in [-0.25, -0.2) is 0 Å². The highest BCUT2D eigenvalue weighted by Crippen LogP contribution is 2.18. The molecule has 392 valence electrons. The van der Waals surface area contributed by atoms with Crippen molar-refractivity contribution in [1.82, 2.24) is 5.32 Å². The van der Waals surface area contributed by atoms with Crippen LogP contribution in [-0.2, 0) is 14.3 Å². The standard InChI is InChI=1S/C61H113NO5/c1-4-7-10-13-16-19-22-25-28-30-33-36-39-42-45-48-51-54-61(66)67-57(52-49-46-43-40-37-34-31-27-24-21-18-15-12-9-6-3)55-60(65)62-58(56-63)59(64)53-50-47-44-41-38-35-32-29-26-23-20-17-14-11-8-5-2/h16,18-19,21,25,27-28,31,57-59,63-64H,4-15,17,20,22-24,26,29-30,32-56H2,1-3H3,(H,62,65)/b19-16-,21-18-,28-25-,31-27-. The van der Waals surface area contributed by atoms with Gasteiger partial charge >= 0.3 is 5.97 Å². The summed E-state index contributed by atoms with van der Waals surface area (Å²) in [5, 5.41) is 23.9. The minimum absolute atomic E-state index is 0.0663. The number of aliphatic hydroxyl groups excluding tert-OH is 2. The average molecular weight is 941 g/mol. The molecule has 3 atom stereocenters. The van der Waals surface area contributed by atoms with Gasteiger partial charge in [-0.05, 0) is 89.9 Å². The van der Waals surface area contributed by atoms with Crippen LogP contribution in [0, 0.1) is 0 Å². The van der Waals surface area contributed by atoms with Gasteiger partial charge in [-0.15, -0.1) is 0 Å². The lowest BCUT2D eigenvalue weighted by atomic mass is 10.0. The van der Waals surface area contributed by atoms with E-state index in [9.17, 15) is 19.8 Å². The molecule has 0 saturated carbocycles. The lowest BCUT2D eigenvalue weighted by molar-refractivity contribution is -0.151. The Morgan fingerprint density at radius 3 is 1.16 bits per heavy atom. The van der Waals surface area contributed by atoms with E-state index < -0.39 is 18.2 Å². The highest BCUT2D eigenvalue weighted by Gasteiger charge is 2.24. The van der Waals surface area contributed by atoms with Crippen molar-refractivity contribution in [3.63, 3.8) is 0 Å². The van der Waals surface area contributed by atoms with Crippen molar-refractivity contribution in [2.24, 2.45) is 0 Å². The molecule has 0 aliphatic carbocycles. The Hall–Kier alpha value is -2.18.